The van der Waals surface area contributed by atoms with Crippen LogP contribution in [0.2, 0.25) is 0 Å². The molecule has 0 spiro atoms. The molecule has 0 bridgehead atoms. The summed E-state index contributed by atoms with van der Waals surface area (Å²) in [4.78, 5) is 16.7. The molecular weight excluding hydrogens is 435 g/mol. The summed E-state index contributed by atoms with van der Waals surface area (Å²) in [6, 6.07) is 16.7. The molecule has 2 amide bonds. The van der Waals surface area contributed by atoms with Crippen LogP contribution in [0.3, 0.4) is 0 Å². The van der Waals surface area contributed by atoms with Crippen molar-refractivity contribution in [3.8, 4) is 0 Å². The van der Waals surface area contributed by atoms with Crippen LogP contribution in [0.25, 0.3) is 0 Å². The number of fused-ring (bicyclic) bond motifs is 1. The Morgan fingerprint density at radius 1 is 1.09 bits per heavy atom. The first kappa shape index (κ1) is 22.5. The average molecular weight is 465 g/mol. The summed E-state index contributed by atoms with van der Waals surface area (Å²) in [5.41, 5.74) is 3.89. The third-order valence-electron chi connectivity index (χ3n) is 6.46. The molecule has 1 fully saturated rings. The number of rotatable bonds is 6. The molecule has 1 unspecified atom stereocenters. The van der Waals surface area contributed by atoms with Gasteiger partial charge in [0.1, 0.15) is 17.6 Å². The van der Waals surface area contributed by atoms with E-state index >= 15 is 0 Å². The second-order valence-electron chi connectivity index (χ2n) is 8.75. The Bertz CT molecular complexity index is 1110. The Labute approximate surface area is 198 Å². The number of halogens is 1. The molecule has 0 aliphatic carbocycles. The molecule has 9 heteroatoms. The maximum atomic E-state index is 13.6. The molecule has 1 atom stereocenters. The number of nitrogens with zero attached hydrogens (tertiary/aromatic N) is 5. The maximum Gasteiger partial charge on any atom is 0.317 e. The highest BCUT2D eigenvalue weighted by Crippen LogP contribution is 2.27. The first-order valence-electron chi connectivity index (χ1n) is 11.7. The monoisotopic (exact) mass is 464 g/mol. The number of carbonyl (C=O) groups is 1. The van der Waals surface area contributed by atoms with Crippen molar-refractivity contribution in [3.05, 3.63) is 82.9 Å². The number of urea groups is 1. The van der Waals surface area contributed by atoms with E-state index in [2.05, 4.69) is 32.7 Å². The van der Waals surface area contributed by atoms with Gasteiger partial charge in [-0.1, -0.05) is 47.7 Å². The summed E-state index contributed by atoms with van der Waals surface area (Å²) in [5.74, 6) is -0.268. The lowest BCUT2D eigenvalue weighted by molar-refractivity contribution is -0.00234. The number of amides is 2. The highest BCUT2D eigenvalue weighted by Gasteiger charge is 2.27. The second kappa shape index (κ2) is 10.3. The SMILES string of the molecule is O=C(NCCc1ccccc1)N1CCN(Cc2nnn3c2COC(c2cccc(F)c2)C3)CC1. The van der Waals surface area contributed by atoms with Gasteiger partial charge in [0.15, 0.2) is 0 Å². The van der Waals surface area contributed by atoms with E-state index in [4.69, 9.17) is 4.74 Å². The minimum atomic E-state index is -0.268. The normalized spacial score (nSPS) is 18.5. The highest BCUT2D eigenvalue weighted by molar-refractivity contribution is 5.74. The third kappa shape index (κ3) is 5.26. The van der Waals surface area contributed by atoms with Gasteiger partial charge in [-0.2, -0.15) is 0 Å². The highest BCUT2D eigenvalue weighted by atomic mass is 19.1. The third-order valence-corrected chi connectivity index (χ3v) is 6.46. The predicted octanol–water partition coefficient (Wildman–Crippen LogP) is 2.76. The lowest BCUT2D eigenvalue weighted by Gasteiger charge is -2.34. The maximum absolute atomic E-state index is 13.6. The van der Waals surface area contributed by atoms with Crippen molar-refractivity contribution in [1.82, 2.24) is 30.1 Å². The van der Waals surface area contributed by atoms with Crippen LogP contribution in [0.15, 0.2) is 54.6 Å². The summed E-state index contributed by atoms with van der Waals surface area (Å²) >= 11 is 0. The average Bonchev–Trinajstić information content (AvgIpc) is 3.27. The molecule has 3 aromatic rings. The quantitative estimate of drug-likeness (QED) is 0.607. The number of hydrogen-bond acceptors (Lipinski definition) is 5. The molecule has 5 rings (SSSR count). The molecular formula is C25H29FN6O2. The molecule has 2 aliphatic heterocycles. The lowest BCUT2D eigenvalue weighted by atomic mass is 10.1. The zero-order valence-electron chi connectivity index (χ0n) is 19.1. The van der Waals surface area contributed by atoms with E-state index in [1.54, 1.807) is 6.07 Å². The minimum absolute atomic E-state index is 0.00610. The van der Waals surface area contributed by atoms with Crippen LogP contribution in [0.1, 0.15) is 28.6 Å². The fraction of sp³-hybridized carbons (Fsp3) is 0.400. The van der Waals surface area contributed by atoms with Gasteiger partial charge in [0, 0.05) is 39.3 Å². The van der Waals surface area contributed by atoms with Crippen molar-refractivity contribution in [2.24, 2.45) is 0 Å². The molecule has 1 N–H and O–H groups in total. The van der Waals surface area contributed by atoms with Crippen LogP contribution in [0.4, 0.5) is 9.18 Å². The topological polar surface area (TPSA) is 75.5 Å². The van der Waals surface area contributed by atoms with Crippen LogP contribution < -0.4 is 5.32 Å². The molecule has 34 heavy (non-hydrogen) atoms. The molecule has 3 heterocycles. The minimum Gasteiger partial charge on any atom is -0.365 e. The number of carbonyl (C=O) groups excluding carboxylic acids is 1. The first-order chi connectivity index (χ1) is 16.7. The Balaban J connectivity index is 1.09. The van der Waals surface area contributed by atoms with Crippen molar-refractivity contribution >= 4 is 6.03 Å². The molecule has 2 aliphatic rings. The van der Waals surface area contributed by atoms with Crippen LogP contribution in [-0.4, -0.2) is 63.5 Å². The van der Waals surface area contributed by atoms with Gasteiger partial charge >= 0.3 is 6.03 Å². The summed E-state index contributed by atoms with van der Waals surface area (Å²) in [5, 5.41) is 11.7. The number of ether oxygens (including phenoxy) is 1. The van der Waals surface area contributed by atoms with E-state index in [0.29, 0.717) is 39.3 Å². The summed E-state index contributed by atoms with van der Waals surface area (Å²) in [6.45, 7) is 5.14. The predicted molar refractivity (Wildman–Crippen MR) is 124 cm³/mol. The Kier molecular flexibility index (Phi) is 6.82. The van der Waals surface area contributed by atoms with Crippen molar-refractivity contribution in [1.29, 1.82) is 0 Å². The largest absolute Gasteiger partial charge is 0.365 e. The smallest absolute Gasteiger partial charge is 0.317 e. The van der Waals surface area contributed by atoms with Crippen LogP contribution in [-0.2, 0) is 30.9 Å². The molecule has 0 radical (unpaired) electrons. The van der Waals surface area contributed by atoms with Gasteiger partial charge in [-0.15, -0.1) is 5.10 Å². The van der Waals surface area contributed by atoms with E-state index in [-0.39, 0.29) is 18.0 Å². The van der Waals surface area contributed by atoms with Crippen molar-refractivity contribution in [3.63, 3.8) is 0 Å². The molecule has 0 saturated carbocycles. The molecule has 8 nitrogen and oxygen atoms in total. The molecule has 178 valence electrons. The van der Waals surface area contributed by atoms with E-state index in [0.717, 1.165) is 36.5 Å². The van der Waals surface area contributed by atoms with Gasteiger partial charge in [0.25, 0.3) is 0 Å². The van der Waals surface area contributed by atoms with Crippen molar-refractivity contribution in [2.45, 2.75) is 32.2 Å². The van der Waals surface area contributed by atoms with Crippen LogP contribution in [0.5, 0.6) is 0 Å². The molecule has 1 saturated heterocycles. The first-order valence-corrected chi connectivity index (χ1v) is 11.7. The zero-order chi connectivity index (χ0) is 23.3. The van der Waals surface area contributed by atoms with E-state index in [9.17, 15) is 9.18 Å². The zero-order valence-corrected chi connectivity index (χ0v) is 19.1. The van der Waals surface area contributed by atoms with Gasteiger partial charge < -0.3 is 15.0 Å². The number of hydrogen-bond donors (Lipinski definition) is 1. The Morgan fingerprint density at radius 2 is 1.91 bits per heavy atom. The molecule has 1 aromatic heterocycles. The van der Waals surface area contributed by atoms with Crippen molar-refractivity contribution in [2.75, 3.05) is 32.7 Å². The molecule has 2 aromatic carbocycles. The fourth-order valence-electron chi connectivity index (χ4n) is 4.48. The van der Waals surface area contributed by atoms with Crippen LogP contribution >= 0.6 is 0 Å². The van der Waals surface area contributed by atoms with Gasteiger partial charge in [-0.05, 0) is 29.7 Å². The van der Waals surface area contributed by atoms with Gasteiger partial charge in [0.2, 0.25) is 0 Å². The van der Waals surface area contributed by atoms with Crippen LogP contribution in [0, 0.1) is 5.82 Å². The van der Waals surface area contributed by atoms with E-state index in [1.807, 2.05) is 33.8 Å². The Morgan fingerprint density at radius 3 is 2.71 bits per heavy atom. The number of nitrogens with one attached hydrogen (secondary N) is 1. The second-order valence-corrected chi connectivity index (χ2v) is 8.75. The van der Waals surface area contributed by atoms with E-state index < -0.39 is 0 Å². The fourth-order valence-corrected chi connectivity index (χ4v) is 4.48. The Hall–Kier alpha value is -3.30. The van der Waals surface area contributed by atoms with Gasteiger partial charge in [0.05, 0.1) is 18.8 Å². The van der Waals surface area contributed by atoms with Gasteiger partial charge in [-0.25, -0.2) is 13.9 Å². The summed E-state index contributed by atoms with van der Waals surface area (Å²) in [7, 11) is 0. The number of benzene rings is 2. The summed E-state index contributed by atoms with van der Waals surface area (Å²) in [6.07, 6.45) is 0.592. The van der Waals surface area contributed by atoms with Gasteiger partial charge in [-0.3, -0.25) is 4.90 Å². The lowest BCUT2D eigenvalue weighted by Crippen LogP contribution is -2.51. The standard InChI is InChI=1S/C25H29FN6O2/c26-21-8-4-7-20(15-21)24-17-32-23(18-34-24)22(28-29-32)16-30-11-13-31(14-12-30)25(33)27-10-9-19-5-2-1-3-6-19/h1-8,15,24H,9-14,16-18H2,(H,27,33). The van der Waals surface area contributed by atoms with Crippen molar-refractivity contribution < 1.29 is 13.9 Å². The summed E-state index contributed by atoms with van der Waals surface area (Å²) < 4.78 is 21.4. The number of piperazine rings is 1. The van der Waals surface area contributed by atoms with E-state index in [1.165, 1.54) is 17.7 Å². The number of aromatic nitrogens is 3.